The van der Waals surface area contributed by atoms with Crippen molar-refractivity contribution < 1.29 is 13.2 Å². The molecule has 7 heteroatoms. The summed E-state index contributed by atoms with van der Waals surface area (Å²) in [5.41, 5.74) is 2.61. The number of nitrogens with zero attached hydrogens (tertiary/aromatic N) is 1. The Morgan fingerprint density at radius 1 is 1.24 bits per heavy atom. The van der Waals surface area contributed by atoms with Gasteiger partial charge in [0.05, 0.1) is 5.92 Å². The molecular formula is C22H30N2O3S2. The van der Waals surface area contributed by atoms with Gasteiger partial charge in [0.25, 0.3) is 10.0 Å². The van der Waals surface area contributed by atoms with Crippen LogP contribution < -0.4 is 5.32 Å². The molecule has 29 heavy (non-hydrogen) atoms. The zero-order valence-corrected chi connectivity index (χ0v) is 18.8. The topological polar surface area (TPSA) is 66.5 Å². The van der Waals surface area contributed by atoms with Gasteiger partial charge in [-0.25, -0.2) is 8.42 Å². The largest absolute Gasteiger partial charge is 0.356 e. The average molecular weight is 435 g/mol. The first-order valence-electron chi connectivity index (χ1n) is 10.3. The van der Waals surface area contributed by atoms with E-state index in [0.717, 1.165) is 19.3 Å². The van der Waals surface area contributed by atoms with Crippen LogP contribution in [-0.4, -0.2) is 38.3 Å². The van der Waals surface area contributed by atoms with Crippen LogP contribution in [0.5, 0.6) is 0 Å². The number of hydrogen-bond donors (Lipinski definition) is 1. The normalized spacial score (nSPS) is 18.1. The van der Waals surface area contributed by atoms with Gasteiger partial charge in [0.2, 0.25) is 5.91 Å². The van der Waals surface area contributed by atoms with E-state index in [1.54, 1.807) is 17.5 Å². The van der Waals surface area contributed by atoms with Crippen molar-refractivity contribution >= 4 is 27.3 Å². The van der Waals surface area contributed by atoms with Crippen LogP contribution in [0, 0.1) is 5.92 Å². The van der Waals surface area contributed by atoms with E-state index >= 15 is 0 Å². The van der Waals surface area contributed by atoms with Gasteiger partial charge in [-0.15, -0.1) is 11.3 Å². The number of benzene rings is 1. The number of amides is 1. The number of rotatable bonds is 8. The standard InChI is InChI=1S/C22H30N2O3S2/c1-17(2)19-11-9-18(10-12-19)6-3-13-23-22(25)20-7-4-14-24(16-20)29(26,27)21-8-5-15-28-21/h5,8-12,15,17,20H,3-4,6-7,13-14,16H2,1-2H3,(H,23,25)/t20-/m1/s1. The third kappa shape index (κ3) is 5.68. The fourth-order valence-corrected chi connectivity index (χ4v) is 6.30. The number of carbonyl (C=O) groups is 1. The Bertz CT molecular complexity index is 891. The second-order valence-corrected chi connectivity index (χ2v) is 11.0. The van der Waals surface area contributed by atoms with Crippen LogP contribution in [-0.2, 0) is 21.2 Å². The molecule has 1 saturated heterocycles. The van der Waals surface area contributed by atoms with E-state index in [1.165, 1.54) is 26.8 Å². The maximum Gasteiger partial charge on any atom is 0.252 e. The van der Waals surface area contributed by atoms with E-state index in [1.807, 2.05) is 0 Å². The van der Waals surface area contributed by atoms with Crippen molar-refractivity contribution in [2.45, 2.75) is 49.7 Å². The molecule has 1 fully saturated rings. The molecule has 0 aliphatic carbocycles. The Kier molecular flexibility index (Phi) is 7.49. The lowest BCUT2D eigenvalue weighted by atomic mass is 9.98. The lowest BCUT2D eigenvalue weighted by molar-refractivity contribution is -0.126. The lowest BCUT2D eigenvalue weighted by Crippen LogP contribution is -2.45. The van der Waals surface area contributed by atoms with Gasteiger partial charge in [-0.1, -0.05) is 44.2 Å². The summed E-state index contributed by atoms with van der Waals surface area (Å²) in [6, 6.07) is 12.0. The quantitative estimate of drug-likeness (QED) is 0.638. The smallest absolute Gasteiger partial charge is 0.252 e. The third-order valence-corrected chi connectivity index (χ3v) is 8.67. The fraction of sp³-hybridized carbons (Fsp3) is 0.500. The van der Waals surface area contributed by atoms with Crippen LogP contribution in [0.15, 0.2) is 46.0 Å². The fourth-order valence-electron chi connectivity index (χ4n) is 3.63. The minimum absolute atomic E-state index is 0.0359. The number of hydrogen-bond acceptors (Lipinski definition) is 4. The van der Waals surface area contributed by atoms with E-state index in [0.29, 0.717) is 29.6 Å². The molecule has 2 heterocycles. The van der Waals surface area contributed by atoms with Crippen LogP contribution in [0.1, 0.15) is 50.2 Å². The van der Waals surface area contributed by atoms with Gasteiger partial charge in [-0.05, 0) is 54.2 Å². The molecular weight excluding hydrogens is 404 g/mol. The van der Waals surface area contributed by atoms with Gasteiger partial charge in [-0.3, -0.25) is 4.79 Å². The van der Waals surface area contributed by atoms with Crippen molar-refractivity contribution in [2.75, 3.05) is 19.6 Å². The zero-order valence-electron chi connectivity index (χ0n) is 17.1. The summed E-state index contributed by atoms with van der Waals surface area (Å²) in [6.45, 7) is 5.73. The van der Waals surface area contributed by atoms with Crippen LogP contribution in [0.25, 0.3) is 0 Å². The Morgan fingerprint density at radius 2 is 2.00 bits per heavy atom. The minimum Gasteiger partial charge on any atom is -0.356 e. The molecule has 3 rings (SSSR count). The molecule has 1 atom stereocenters. The maximum atomic E-state index is 12.7. The first-order valence-corrected chi connectivity index (χ1v) is 12.6. The monoisotopic (exact) mass is 434 g/mol. The highest BCUT2D eigenvalue weighted by Crippen LogP contribution is 2.26. The number of carbonyl (C=O) groups excluding carboxylic acids is 1. The van der Waals surface area contributed by atoms with Gasteiger partial charge in [0.1, 0.15) is 4.21 Å². The van der Waals surface area contributed by atoms with Crippen LogP contribution in [0.2, 0.25) is 0 Å². The van der Waals surface area contributed by atoms with Crippen LogP contribution in [0.3, 0.4) is 0 Å². The van der Waals surface area contributed by atoms with Crippen molar-refractivity contribution in [3.8, 4) is 0 Å². The van der Waals surface area contributed by atoms with E-state index in [9.17, 15) is 13.2 Å². The predicted octanol–water partition coefficient (Wildman–Crippen LogP) is 4.02. The van der Waals surface area contributed by atoms with Gasteiger partial charge < -0.3 is 5.32 Å². The van der Waals surface area contributed by atoms with Gasteiger partial charge in [-0.2, -0.15) is 4.31 Å². The molecule has 1 aromatic heterocycles. The zero-order chi connectivity index (χ0) is 20.9. The molecule has 0 unspecified atom stereocenters. The summed E-state index contributed by atoms with van der Waals surface area (Å²) in [7, 11) is -3.48. The van der Waals surface area contributed by atoms with Crippen molar-refractivity contribution in [3.05, 3.63) is 52.9 Å². The van der Waals surface area contributed by atoms with E-state index in [2.05, 4.69) is 43.4 Å². The SMILES string of the molecule is CC(C)c1ccc(CCCNC(=O)[C@@H]2CCCN(S(=O)(=O)c3cccs3)C2)cc1. The van der Waals surface area contributed by atoms with Gasteiger partial charge in [0, 0.05) is 19.6 Å². The van der Waals surface area contributed by atoms with Crippen LogP contribution >= 0.6 is 11.3 Å². The lowest BCUT2D eigenvalue weighted by Gasteiger charge is -2.30. The second-order valence-electron chi connectivity index (χ2n) is 7.93. The van der Waals surface area contributed by atoms with E-state index in [4.69, 9.17) is 0 Å². The summed E-state index contributed by atoms with van der Waals surface area (Å²) in [6.07, 6.45) is 3.24. The Morgan fingerprint density at radius 3 is 2.66 bits per heavy atom. The Balaban J connectivity index is 1.45. The summed E-state index contributed by atoms with van der Waals surface area (Å²) in [5.74, 6) is 0.220. The molecule has 1 aromatic carbocycles. The van der Waals surface area contributed by atoms with Crippen molar-refractivity contribution in [2.24, 2.45) is 5.92 Å². The molecule has 1 amide bonds. The van der Waals surface area contributed by atoms with Gasteiger partial charge in [0.15, 0.2) is 0 Å². The summed E-state index contributed by atoms with van der Waals surface area (Å²) >= 11 is 1.22. The number of piperidine rings is 1. The molecule has 1 N–H and O–H groups in total. The molecule has 1 aliphatic rings. The number of nitrogens with one attached hydrogen (secondary N) is 1. The number of sulfonamides is 1. The summed E-state index contributed by atoms with van der Waals surface area (Å²) in [5, 5.41) is 4.76. The Hall–Kier alpha value is -1.70. The van der Waals surface area contributed by atoms with Crippen molar-refractivity contribution in [3.63, 3.8) is 0 Å². The number of thiophene rings is 1. The third-order valence-electron chi connectivity index (χ3n) is 5.43. The highest BCUT2D eigenvalue weighted by molar-refractivity contribution is 7.91. The van der Waals surface area contributed by atoms with Gasteiger partial charge >= 0.3 is 0 Å². The predicted molar refractivity (Wildman–Crippen MR) is 118 cm³/mol. The average Bonchev–Trinajstić information content (AvgIpc) is 3.27. The van der Waals surface area contributed by atoms with Crippen LogP contribution in [0.4, 0.5) is 0 Å². The second kappa shape index (κ2) is 9.87. The molecule has 0 saturated carbocycles. The molecule has 158 valence electrons. The maximum absolute atomic E-state index is 12.7. The molecule has 0 bridgehead atoms. The minimum atomic E-state index is -3.48. The van der Waals surface area contributed by atoms with E-state index < -0.39 is 10.0 Å². The summed E-state index contributed by atoms with van der Waals surface area (Å²) in [4.78, 5) is 12.6. The molecule has 0 spiro atoms. The molecule has 2 aromatic rings. The molecule has 5 nitrogen and oxygen atoms in total. The van der Waals surface area contributed by atoms with E-state index in [-0.39, 0.29) is 18.4 Å². The molecule has 1 aliphatic heterocycles. The molecule has 0 radical (unpaired) electrons. The number of aryl methyl sites for hydroxylation is 1. The highest BCUT2D eigenvalue weighted by atomic mass is 32.2. The highest BCUT2D eigenvalue weighted by Gasteiger charge is 2.33. The van der Waals surface area contributed by atoms with Crippen molar-refractivity contribution in [1.29, 1.82) is 0 Å². The van der Waals surface area contributed by atoms with Crippen molar-refractivity contribution in [1.82, 2.24) is 9.62 Å². The Labute approximate surface area is 178 Å². The first kappa shape index (κ1) is 22.0. The summed E-state index contributed by atoms with van der Waals surface area (Å²) < 4.78 is 27.2. The first-order chi connectivity index (χ1) is 13.9.